The molecule has 3 rings (SSSR count). The first-order valence-corrected chi connectivity index (χ1v) is 8.99. The quantitative estimate of drug-likeness (QED) is 0.830. The Balaban J connectivity index is 1.43. The fourth-order valence-corrected chi connectivity index (χ4v) is 3.12. The first-order chi connectivity index (χ1) is 12.6. The smallest absolute Gasteiger partial charge is 0.312 e. The number of hydrogen-bond acceptors (Lipinski definition) is 4. The number of aromatic nitrogens is 1. The van der Waals surface area contributed by atoms with Gasteiger partial charge in [0.2, 0.25) is 0 Å². The van der Waals surface area contributed by atoms with Crippen LogP contribution in [0.25, 0.3) is 0 Å². The van der Waals surface area contributed by atoms with Crippen LogP contribution in [-0.2, 0) is 16.0 Å². The molecule has 2 heterocycles. The summed E-state index contributed by atoms with van der Waals surface area (Å²) in [7, 11) is 0. The number of rotatable bonds is 4. The van der Waals surface area contributed by atoms with Crippen LogP contribution in [-0.4, -0.2) is 54.4 Å². The number of carbonyl (C=O) groups is 2. The summed E-state index contributed by atoms with van der Waals surface area (Å²) in [5.74, 6) is -0.138. The average Bonchev–Trinajstić information content (AvgIpc) is 2.68. The molecular weight excluding hydrogens is 352 g/mol. The van der Waals surface area contributed by atoms with Crippen molar-refractivity contribution in [2.75, 3.05) is 37.6 Å². The fourth-order valence-electron chi connectivity index (χ4n) is 2.91. The number of piperazine rings is 1. The van der Waals surface area contributed by atoms with E-state index in [1.165, 1.54) is 0 Å². The van der Waals surface area contributed by atoms with Crippen LogP contribution >= 0.6 is 11.6 Å². The topological polar surface area (TPSA) is 65.5 Å². The summed E-state index contributed by atoms with van der Waals surface area (Å²) in [5, 5.41) is 3.35. The van der Waals surface area contributed by atoms with Crippen molar-refractivity contribution in [2.24, 2.45) is 0 Å². The van der Waals surface area contributed by atoms with Crippen molar-refractivity contribution in [1.82, 2.24) is 15.2 Å². The maximum absolute atomic E-state index is 12.3. The van der Waals surface area contributed by atoms with Crippen molar-refractivity contribution in [3.63, 3.8) is 0 Å². The highest BCUT2D eigenvalue weighted by molar-refractivity contribution is 6.35. The third kappa shape index (κ3) is 4.73. The van der Waals surface area contributed by atoms with Crippen LogP contribution in [0, 0.1) is 0 Å². The van der Waals surface area contributed by atoms with Crippen molar-refractivity contribution < 1.29 is 9.59 Å². The van der Waals surface area contributed by atoms with Gasteiger partial charge in [0, 0.05) is 43.9 Å². The number of hydrogen-bond donors (Lipinski definition) is 1. The number of benzene rings is 1. The molecule has 6 nitrogen and oxygen atoms in total. The van der Waals surface area contributed by atoms with Gasteiger partial charge in [-0.3, -0.25) is 9.59 Å². The predicted octanol–water partition coefficient (Wildman–Crippen LogP) is 1.74. The molecule has 0 saturated carbocycles. The Kier molecular flexibility index (Phi) is 6.07. The molecule has 1 aromatic heterocycles. The molecule has 1 saturated heterocycles. The van der Waals surface area contributed by atoms with E-state index in [1.807, 2.05) is 36.4 Å². The second-order valence-corrected chi connectivity index (χ2v) is 6.54. The maximum Gasteiger partial charge on any atom is 0.312 e. The number of nitrogens with zero attached hydrogens (tertiary/aromatic N) is 3. The number of anilines is 1. The summed E-state index contributed by atoms with van der Waals surface area (Å²) in [6, 6.07) is 13.2. The highest BCUT2D eigenvalue weighted by atomic mass is 35.5. The van der Waals surface area contributed by atoms with E-state index in [1.54, 1.807) is 17.2 Å². The van der Waals surface area contributed by atoms with Crippen LogP contribution in [0.15, 0.2) is 48.7 Å². The summed E-state index contributed by atoms with van der Waals surface area (Å²) >= 11 is 5.94. The van der Waals surface area contributed by atoms with Gasteiger partial charge in [-0.25, -0.2) is 4.98 Å². The minimum Gasteiger partial charge on any atom is -0.353 e. The van der Waals surface area contributed by atoms with Gasteiger partial charge in [-0.1, -0.05) is 29.8 Å². The highest BCUT2D eigenvalue weighted by Crippen LogP contribution is 2.13. The standard InChI is InChI=1S/C19H21ClN4O2/c20-16-5-3-4-15(14-16)7-9-22-18(25)19(26)24-12-10-23(11-13-24)17-6-1-2-8-21-17/h1-6,8,14H,7,9-13H2,(H,22,25). The Morgan fingerprint density at radius 3 is 2.58 bits per heavy atom. The number of nitrogens with one attached hydrogen (secondary N) is 1. The summed E-state index contributed by atoms with van der Waals surface area (Å²) < 4.78 is 0. The van der Waals surface area contributed by atoms with Gasteiger partial charge < -0.3 is 15.1 Å². The zero-order valence-electron chi connectivity index (χ0n) is 14.4. The lowest BCUT2D eigenvalue weighted by molar-refractivity contribution is -0.146. The summed E-state index contributed by atoms with van der Waals surface area (Å²) in [6.45, 7) is 2.75. The number of halogens is 1. The van der Waals surface area contributed by atoms with E-state index in [2.05, 4.69) is 15.2 Å². The molecule has 1 aliphatic rings. The van der Waals surface area contributed by atoms with Gasteiger partial charge >= 0.3 is 11.8 Å². The van der Waals surface area contributed by atoms with Gasteiger partial charge in [0.1, 0.15) is 5.82 Å². The van der Waals surface area contributed by atoms with Crippen LogP contribution in [0.1, 0.15) is 5.56 Å². The largest absolute Gasteiger partial charge is 0.353 e. The Bertz CT molecular complexity index is 761. The second-order valence-electron chi connectivity index (χ2n) is 6.10. The van der Waals surface area contributed by atoms with Crippen molar-refractivity contribution in [3.8, 4) is 0 Å². The predicted molar refractivity (Wildman–Crippen MR) is 101 cm³/mol. The van der Waals surface area contributed by atoms with Gasteiger partial charge in [-0.2, -0.15) is 0 Å². The van der Waals surface area contributed by atoms with Crippen LogP contribution < -0.4 is 10.2 Å². The van der Waals surface area contributed by atoms with E-state index >= 15 is 0 Å². The zero-order valence-corrected chi connectivity index (χ0v) is 15.2. The van der Waals surface area contributed by atoms with Crippen molar-refractivity contribution in [2.45, 2.75) is 6.42 Å². The molecule has 1 aliphatic heterocycles. The molecule has 0 unspecified atom stereocenters. The molecule has 0 spiro atoms. The molecule has 136 valence electrons. The molecule has 0 bridgehead atoms. The fraction of sp³-hybridized carbons (Fsp3) is 0.316. The van der Waals surface area contributed by atoms with E-state index in [-0.39, 0.29) is 0 Å². The monoisotopic (exact) mass is 372 g/mol. The average molecular weight is 373 g/mol. The Labute approximate surface area is 157 Å². The van der Waals surface area contributed by atoms with E-state index in [0.717, 1.165) is 11.4 Å². The van der Waals surface area contributed by atoms with Gasteiger partial charge in [0.15, 0.2) is 0 Å². The van der Waals surface area contributed by atoms with Gasteiger partial charge in [-0.05, 0) is 36.2 Å². The molecule has 7 heteroatoms. The molecule has 0 aliphatic carbocycles. The van der Waals surface area contributed by atoms with Crippen LogP contribution in [0.3, 0.4) is 0 Å². The lowest BCUT2D eigenvalue weighted by Crippen LogP contribution is -2.53. The number of amides is 2. The molecule has 1 N–H and O–H groups in total. The van der Waals surface area contributed by atoms with Gasteiger partial charge in [-0.15, -0.1) is 0 Å². The van der Waals surface area contributed by atoms with E-state index in [4.69, 9.17) is 11.6 Å². The normalized spacial score (nSPS) is 14.2. The zero-order chi connectivity index (χ0) is 18.4. The molecule has 2 aromatic rings. The Morgan fingerprint density at radius 2 is 1.88 bits per heavy atom. The third-order valence-corrected chi connectivity index (χ3v) is 4.56. The minimum absolute atomic E-state index is 0.402. The molecule has 2 amide bonds. The Morgan fingerprint density at radius 1 is 1.08 bits per heavy atom. The van der Waals surface area contributed by atoms with E-state index in [9.17, 15) is 9.59 Å². The van der Waals surface area contributed by atoms with Gasteiger partial charge in [0.25, 0.3) is 0 Å². The summed E-state index contributed by atoms with van der Waals surface area (Å²) in [4.78, 5) is 32.4. The SMILES string of the molecule is O=C(NCCc1cccc(Cl)c1)C(=O)N1CCN(c2ccccn2)CC1. The maximum atomic E-state index is 12.3. The minimum atomic E-state index is -0.557. The van der Waals surface area contributed by atoms with E-state index in [0.29, 0.717) is 44.2 Å². The molecule has 0 radical (unpaired) electrons. The van der Waals surface area contributed by atoms with Crippen molar-refractivity contribution in [1.29, 1.82) is 0 Å². The summed E-state index contributed by atoms with van der Waals surface area (Å²) in [6.07, 6.45) is 2.38. The number of carbonyl (C=O) groups excluding carboxylic acids is 2. The third-order valence-electron chi connectivity index (χ3n) is 4.32. The van der Waals surface area contributed by atoms with E-state index < -0.39 is 11.8 Å². The van der Waals surface area contributed by atoms with Crippen LogP contribution in [0.4, 0.5) is 5.82 Å². The lowest BCUT2D eigenvalue weighted by Gasteiger charge is -2.35. The molecule has 0 atom stereocenters. The molecular formula is C19H21ClN4O2. The first-order valence-electron chi connectivity index (χ1n) is 8.61. The van der Waals surface area contributed by atoms with Gasteiger partial charge in [0.05, 0.1) is 0 Å². The van der Waals surface area contributed by atoms with Crippen LogP contribution in [0.2, 0.25) is 5.02 Å². The summed E-state index contributed by atoms with van der Waals surface area (Å²) in [5.41, 5.74) is 1.02. The Hall–Kier alpha value is -2.60. The van der Waals surface area contributed by atoms with Crippen molar-refractivity contribution in [3.05, 3.63) is 59.2 Å². The number of pyridine rings is 1. The molecule has 1 aromatic carbocycles. The van der Waals surface area contributed by atoms with Crippen LogP contribution in [0.5, 0.6) is 0 Å². The lowest BCUT2D eigenvalue weighted by atomic mass is 10.1. The second kappa shape index (κ2) is 8.67. The van der Waals surface area contributed by atoms with Crippen molar-refractivity contribution >= 4 is 29.2 Å². The first kappa shape index (κ1) is 18.2. The molecule has 26 heavy (non-hydrogen) atoms. The highest BCUT2D eigenvalue weighted by Gasteiger charge is 2.26. The molecule has 1 fully saturated rings.